The summed E-state index contributed by atoms with van der Waals surface area (Å²) in [5.74, 6) is -0.472. The minimum Gasteiger partial charge on any atom is -0.342 e. The number of nitrogens with zero attached hydrogens (tertiary/aromatic N) is 3. The molecular weight excluding hydrogens is 373 g/mol. The molecule has 1 aromatic rings. The normalized spacial score (nSPS) is 21.7. The molecule has 3 fully saturated rings. The molecule has 3 heterocycles. The molecule has 156 valence electrons. The molecule has 3 aliphatic heterocycles. The van der Waals surface area contributed by atoms with Gasteiger partial charge in [-0.1, -0.05) is 12.1 Å². The first-order valence-electron chi connectivity index (χ1n) is 10.7. The largest absolute Gasteiger partial charge is 0.342 e. The lowest BCUT2D eigenvalue weighted by atomic mass is 9.93. The molecule has 3 saturated heterocycles. The van der Waals surface area contributed by atoms with Crippen molar-refractivity contribution < 1.29 is 18.8 Å². The number of rotatable bonds is 3. The highest BCUT2D eigenvalue weighted by molar-refractivity contribution is 5.94. The van der Waals surface area contributed by atoms with Crippen LogP contribution in [0.3, 0.4) is 0 Å². The van der Waals surface area contributed by atoms with Crippen LogP contribution in [-0.4, -0.2) is 71.2 Å². The topological polar surface area (TPSA) is 60.9 Å². The molecule has 3 amide bonds. The first-order valence-corrected chi connectivity index (χ1v) is 10.7. The number of hydrogen-bond acceptors (Lipinski definition) is 3. The maximum atomic E-state index is 13.9. The summed E-state index contributed by atoms with van der Waals surface area (Å²) in [6, 6.07) is 6.30. The lowest BCUT2D eigenvalue weighted by molar-refractivity contribution is -0.139. The summed E-state index contributed by atoms with van der Waals surface area (Å²) < 4.78 is 13.9. The molecule has 0 aliphatic carbocycles. The highest BCUT2D eigenvalue weighted by Gasteiger charge is 2.35. The first-order chi connectivity index (χ1) is 14.0. The van der Waals surface area contributed by atoms with Gasteiger partial charge in [0.15, 0.2) is 0 Å². The number of likely N-dealkylation sites (tertiary alicyclic amines) is 3. The van der Waals surface area contributed by atoms with Gasteiger partial charge in [-0.15, -0.1) is 0 Å². The van der Waals surface area contributed by atoms with Gasteiger partial charge in [0.05, 0.1) is 5.56 Å². The van der Waals surface area contributed by atoms with Crippen molar-refractivity contribution in [2.45, 2.75) is 44.6 Å². The number of carbonyl (C=O) groups excluding carboxylic acids is 3. The second-order valence-corrected chi connectivity index (χ2v) is 8.29. The highest BCUT2D eigenvalue weighted by Crippen LogP contribution is 2.26. The fourth-order valence-electron chi connectivity index (χ4n) is 4.85. The molecule has 0 aromatic heterocycles. The summed E-state index contributed by atoms with van der Waals surface area (Å²) >= 11 is 0. The molecule has 0 unspecified atom stereocenters. The van der Waals surface area contributed by atoms with Crippen LogP contribution in [-0.2, 0) is 9.59 Å². The molecular formula is C22H28FN3O3. The molecule has 0 atom stereocenters. The van der Waals surface area contributed by atoms with Crippen LogP contribution < -0.4 is 0 Å². The Balaban J connectivity index is 1.27. The number of amides is 3. The van der Waals surface area contributed by atoms with Crippen LogP contribution in [0.5, 0.6) is 0 Å². The molecule has 7 heteroatoms. The fourth-order valence-corrected chi connectivity index (χ4v) is 4.85. The third-order valence-corrected chi connectivity index (χ3v) is 6.56. The zero-order chi connectivity index (χ0) is 20.4. The van der Waals surface area contributed by atoms with Gasteiger partial charge in [-0.05, 0) is 44.2 Å². The quantitative estimate of drug-likeness (QED) is 0.781. The van der Waals surface area contributed by atoms with Crippen molar-refractivity contribution in [3.63, 3.8) is 0 Å². The van der Waals surface area contributed by atoms with E-state index in [1.54, 1.807) is 17.0 Å². The van der Waals surface area contributed by atoms with Gasteiger partial charge in [-0.25, -0.2) is 4.39 Å². The Labute approximate surface area is 170 Å². The zero-order valence-corrected chi connectivity index (χ0v) is 16.7. The summed E-state index contributed by atoms with van der Waals surface area (Å²) in [7, 11) is 0. The Hall–Kier alpha value is -2.44. The van der Waals surface area contributed by atoms with E-state index in [0.29, 0.717) is 45.4 Å². The molecule has 0 saturated carbocycles. The molecule has 0 bridgehead atoms. The van der Waals surface area contributed by atoms with Crippen LogP contribution in [0, 0.1) is 11.7 Å². The highest BCUT2D eigenvalue weighted by atomic mass is 19.1. The molecule has 29 heavy (non-hydrogen) atoms. The maximum absolute atomic E-state index is 13.9. The fraction of sp³-hybridized carbons (Fsp3) is 0.591. The Kier molecular flexibility index (Phi) is 5.83. The van der Waals surface area contributed by atoms with Gasteiger partial charge in [0.1, 0.15) is 5.82 Å². The number of hydrogen-bond donors (Lipinski definition) is 0. The summed E-state index contributed by atoms with van der Waals surface area (Å²) in [4.78, 5) is 43.0. The second-order valence-electron chi connectivity index (χ2n) is 8.29. The van der Waals surface area contributed by atoms with E-state index in [1.807, 2.05) is 9.80 Å². The van der Waals surface area contributed by atoms with Gasteiger partial charge in [0.25, 0.3) is 5.91 Å². The zero-order valence-electron chi connectivity index (χ0n) is 16.7. The van der Waals surface area contributed by atoms with E-state index in [-0.39, 0.29) is 35.2 Å². The third kappa shape index (κ3) is 4.14. The van der Waals surface area contributed by atoms with Crippen LogP contribution in [0.1, 0.15) is 48.9 Å². The van der Waals surface area contributed by atoms with Crippen molar-refractivity contribution in [3.8, 4) is 0 Å². The van der Waals surface area contributed by atoms with E-state index in [9.17, 15) is 18.8 Å². The molecule has 3 aliphatic rings. The molecule has 0 radical (unpaired) electrons. The van der Waals surface area contributed by atoms with E-state index in [0.717, 1.165) is 25.8 Å². The van der Waals surface area contributed by atoms with Gasteiger partial charge >= 0.3 is 0 Å². The van der Waals surface area contributed by atoms with Crippen molar-refractivity contribution >= 4 is 17.7 Å². The standard InChI is InChI=1S/C22H28FN3O3/c23-19-5-2-1-4-18(19)22(29)25-12-7-16(8-13-25)21(28)24-14-9-17(10-15-24)26-11-3-6-20(26)27/h1-2,4-5,16-17H,3,6-15H2. The van der Waals surface area contributed by atoms with Crippen molar-refractivity contribution in [3.05, 3.63) is 35.6 Å². The van der Waals surface area contributed by atoms with Gasteiger partial charge in [0, 0.05) is 51.1 Å². The van der Waals surface area contributed by atoms with Crippen molar-refractivity contribution in [2.24, 2.45) is 5.92 Å². The summed E-state index contributed by atoms with van der Waals surface area (Å²) in [5.41, 5.74) is 0.0933. The molecule has 1 aromatic carbocycles. The predicted octanol–water partition coefficient (Wildman–Crippen LogP) is 2.29. The van der Waals surface area contributed by atoms with Gasteiger partial charge < -0.3 is 14.7 Å². The SMILES string of the molecule is O=C(c1ccccc1F)N1CCC(C(=O)N2CCC(N3CCCC3=O)CC2)CC1. The monoisotopic (exact) mass is 401 g/mol. The van der Waals surface area contributed by atoms with Crippen LogP contribution in [0.2, 0.25) is 0 Å². The summed E-state index contributed by atoms with van der Waals surface area (Å²) in [6.45, 7) is 3.19. The second kappa shape index (κ2) is 8.51. The predicted molar refractivity (Wildman–Crippen MR) is 106 cm³/mol. The van der Waals surface area contributed by atoms with Crippen LogP contribution in [0.15, 0.2) is 24.3 Å². The van der Waals surface area contributed by atoms with Gasteiger partial charge in [-0.3, -0.25) is 14.4 Å². The number of halogens is 1. The van der Waals surface area contributed by atoms with Crippen LogP contribution >= 0.6 is 0 Å². The first kappa shape index (κ1) is 19.9. The van der Waals surface area contributed by atoms with E-state index in [2.05, 4.69) is 0 Å². The van der Waals surface area contributed by atoms with Crippen molar-refractivity contribution in [2.75, 3.05) is 32.7 Å². The Morgan fingerprint density at radius 1 is 0.897 bits per heavy atom. The third-order valence-electron chi connectivity index (χ3n) is 6.56. The average Bonchev–Trinajstić information content (AvgIpc) is 3.19. The van der Waals surface area contributed by atoms with Crippen molar-refractivity contribution in [1.29, 1.82) is 0 Å². The summed E-state index contributed by atoms with van der Waals surface area (Å²) in [6.07, 6.45) is 4.53. The number of carbonyl (C=O) groups is 3. The number of piperidine rings is 2. The number of benzene rings is 1. The Morgan fingerprint density at radius 3 is 2.17 bits per heavy atom. The Bertz CT molecular complexity index is 783. The Morgan fingerprint density at radius 2 is 1.55 bits per heavy atom. The molecule has 6 nitrogen and oxygen atoms in total. The van der Waals surface area contributed by atoms with E-state index in [1.165, 1.54) is 12.1 Å². The van der Waals surface area contributed by atoms with E-state index in [4.69, 9.17) is 0 Å². The van der Waals surface area contributed by atoms with Crippen molar-refractivity contribution in [1.82, 2.24) is 14.7 Å². The average molecular weight is 401 g/mol. The molecule has 4 rings (SSSR count). The van der Waals surface area contributed by atoms with Gasteiger partial charge in [-0.2, -0.15) is 0 Å². The lowest BCUT2D eigenvalue weighted by Gasteiger charge is -2.39. The van der Waals surface area contributed by atoms with Crippen LogP contribution in [0.4, 0.5) is 4.39 Å². The molecule has 0 N–H and O–H groups in total. The smallest absolute Gasteiger partial charge is 0.256 e. The minimum atomic E-state index is -0.505. The summed E-state index contributed by atoms with van der Waals surface area (Å²) in [5, 5.41) is 0. The van der Waals surface area contributed by atoms with E-state index < -0.39 is 5.82 Å². The van der Waals surface area contributed by atoms with Crippen LogP contribution in [0.25, 0.3) is 0 Å². The van der Waals surface area contributed by atoms with Gasteiger partial charge in [0.2, 0.25) is 11.8 Å². The lowest BCUT2D eigenvalue weighted by Crippen LogP contribution is -2.50. The maximum Gasteiger partial charge on any atom is 0.256 e. The molecule has 0 spiro atoms. The van der Waals surface area contributed by atoms with E-state index >= 15 is 0 Å². The minimum absolute atomic E-state index is 0.0790.